The minimum Gasteiger partial charge on any atom is -0.309 e. The van der Waals surface area contributed by atoms with Gasteiger partial charge in [-0.25, -0.2) is 0 Å². The Labute approximate surface area is 447 Å². The molecule has 0 amide bonds. The average Bonchev–Trinajstić information content (AvgIpc) is 4.41. The quantitative estimate of drug-likeness (QED) is 0.161. The molecule has 12 aromatic rings. The molecule has 0 radical (unpaired) electrons. The summed E-state index contributed by atoms with van der Waals surface area (Å²) in [6.45, 7) is 0. The monoisotopic (exact) mass is 992 g/mol. The van der Waals surface area contributed by atoms with Crippen molar-refractivity contribution < 1.29 is 4.57 Å². The van der Waals surface area contributed by atoms with E-state index in [-0.39, 0.29) is 0 Å². The highest BCUT2D eigenvalue weighted by Crippen LogP contribution is 2.67. The first-order valence-corrected chi connectivity index (χ1v) is 28.7. The Morgan fingerprint density at radius 2 is 0.338 bits per heavy atom. The van der Waals surface area contributed by atoms with Crippen LogP contribution in [0.1, 0.15) is 66.8 Å². The molecule has 0 fully saturated rings. The Morgan fingerprint density at radius 1 is 0.182 bits per heavy atom. The van der Waals surface area contributed by atoms with Crippen molar-refractivity contribution in [1.82, 2.24) is 0 Å². The van der Waals surface area contributed by atoms with Crippen molar-refractivity contribution in [3.63, 3.8) is 0 Å². The van der Waals surface area contributed by atoms with Gasteiger partial charge in [0.05, 0.1) is 16.2 Å². The molecule has 12 aromatic carbocycles. The van der Waals surface area contributed by atoms with Crippen LogP contribution in [-0.4, -0.2) is 0 Å². The van der Waals surface area contributed by atoms with Crippen molar-refractivity contribution in [3.05, 3.63) is 340 Å². The normalized spacial score (nSPS) is 15.4. The van der Waals surface area contributed by atoms with Gasteiger partial charge in [-0.3, -0.25) is 0 Å². The van der Waals surface area contributed by atoms with E-state index in [2.05, 4.69) is 273 Å². The molecule has 18 rings (SSSR count). The van der Waals surface area contributed by atoms with Crippen LogP contribution >= 0.6 is 7.14 Å². The summed E-state index contributed by atoms with van der Waals surface area (Å²) in [6.07, 6.45) is 0. The van der Waals surface area contributed by atoms with Gasteiger partial charge in [0.2, 0.25) is 0 Å². The van der Waals surface area contributed by atoms with Crippen LogP contribution in [0.4, 0.5) is 0 Å². The summed E-state index contributed by atoms with van der Waals surface area (Å²) in [5, 5.41) is 2.50. The molecule has 0 unspecified atom stereocenters. The molecule has 77 heavy (non-hydrogen) atoms. The maximum absolute atomic E-state index is 18.5. The third-order valence-electron chi connectivity index (χ3n) is 19.0. The SMILES string of the molecule is O=P(c1ccc2c(c1)C1(c3ccccc3-c3ccccc31)c1ccccc1-2)(c1ccc2c(c1)C1(c3ccccc3-c3ccccc31)c1ccccc1-2)c1ccc2c(c1)C1(c3ccccc3-c3ccccc31)c1ccccc1-2. The molecule has 6 aliphatic rings. The van der Waals surface area contributed by atoms with Gasteiger partial charge < -0.3 is 4.57 Å². The van der Waals surface area contributed by atoms with Crippen molar-refractivity contribution in [1.29, 1.82) is 0 Å². The Morgan fingerprint density at radius 3 is 0.519 bits per heavy atom. The van der Waals surface area contributed by atoms with E-state index in [9.17, 15) is 0 Å². The maximum atomic E-state index is 18.5. The van der Waals surface area contributed by atoms with Crippen LogP contribution in [0.25, 0.3) is 66.8 Å². The Balaban J connectivity index is 0.955. The van der Waals surface area contributed by atoms with E-state index in [1.54, 1.807) is 0 Å². The highest BCUT2D eigenvalue weighted by molar-refractivity contribution is 7.85. The van der Waals surface area contributed by atoms with Gasteiger partial charge in [0.1, 0.15) is 0 Å². The van der Waals surface area contributed by atoms with Crippen molar-refractivity contribution in [2.24, 2.45) is 0 Å². The smallest absolute Gasteiger partial charge is 0.171 e. The lowest BCUT2D eigenvalue weighted by molar-refractivity contribution is 0.592. The average molecular weight is 993 g/mol. The van der Waals surface area contributed by atoms with Crippen LogP contribution in [0.3, 0.4) is 0 Å². The molecule has 0 bridgehead atoms. The molecule has 0 atom stereocenters. The summed E-state index contributed by atoms with van der Waals surface area (Å²) in [4.78, 5) is 0. The summed E-state index contributed by atoms with van der Waals surface area (Å²) in [5.74, 6) is 0. The Bertz CT molecular complexity index is 4040. The molecule has 0 aromatic heterocycles. The number of benzene rings is 12. The summed E-state index contributed by atoms with van der Waals surface area (Å²) in [7, 11) is -3.84. The van der Waals surface area contributed by atoms with Gasteiger partial charge in [0.15, 0.2) is 7.14 Å². The fraction of sp³-hybridized carbons (Fsp3) is 0.0400. The predicted molar refractivity (Wildman–Crippen MR) is 315 cm³/mol. The minimum absolute atomic E-state index is 0.609. The van der Waals surface area contributed by atoms with Crippen molar-refractivity contribution in [3.8, 4) is 66.8 Å². The third kappa shape index (κ3) is 4.77. The highest BCUT2D eigenvalue weighted by Gasteiger charge is 2.56. The maximum Gasteiger partial charge on any atom is 0.171 e. The topological polar surface area (TPSA) is 17.1 Å². The van der Waals surface area contributed by atoms with Gasteiger partial charge in [-0.1, -0.05) is 255 Å². The standard InChI is InChI=1S/C75H45OP/c76-77(46-37-40-58-55-25-7-16-34-67(55)73(70(58)43-46)61-28-10-1-19-49(61)50-20-2-11-29-62(50)73,47-38-41-59-56-26-8-17-35-68(56)74(71(59)44-47)63-30-12-3-21-51(63)52-22-4-13-31-64(52)74)48-39-42-60-57-27-9-18-36-69(57)75(72(60)45-48)65-32-14-5-23-53(65)54-24-6-15-33-66(54)75/h1-45H. The second kappa shape index (κ2) is 14.6. The van der Waals surface area contributed by atoms with Gasteiger partial charge in [0, 0.05) is 15.9 Å². The Kier molecular flexibility index (Phi) is 8.00. The summed E-state index contributed by atoms with van der Waals surface area (Å²) >= 11 is 0. The molecule has 3 spiro atoms. The summed E-state index contributed by atoms with van der Waals surface area (Å²) < 4.78 is 18.5. The van der Waals surface area contributed by atoms with E-state index in [4.69, 9.17) is 0 Å². The van der Waals surface area contributed by atoms with Crippen molar-refractivity contribution in [2.45, 2.75) is 16.2 Å². The zero-order valence-corrected chi connectivity index (χ0v) is 42.7. The molecule has 0 saturated carbocycles. The third-order valence-corrected chi connectivity index (χ3v) is 22.0. The fourth-order valence-corrected chi connectivity index (χ4v) is 19.0. The minimum atomic E-state index is -3.84. The second-order valence-electron chi connectivity index (χ2n) is 22.0. The molecule has 0 saturated heterocycles. The van der Waals surface area contributed by atoms with Crippen LogP contribution in [-0.2, 0) is 20.8 Å². The lowest BCUT2D eigenvalue weighted by Gasteiger charge is -2.33. The molecule has 0 aliphatic heterocycles. The van der Waals surface area contributed by atoms with Gasteiger partial charge in [0.25, 0.3) is 0 Å². The molecule has 0 heterocycles. The number of hydrogen-bond acceptors (Lipinski definition) is 1. The number of rotatable bonds is 3. The Hall–Kier alpha value is -9.13. The van der Waals surface area contributed by atoms with E-state index >= 15 is 4.57 Å². The summed E-state index contributed by atoms with van der Waals surface area (Å²) in [6, 6.07) is 101. The van der Waals surface area contributed by atoms with Crippen LogP contribution in [0.15, 0.2) is 273 Å². The van der Waals surface area contributed by atoms with Gasteiger partial charge in [-0.15, -0.1) is 0 Å². The molecule has 0 N–H and O–H groups in total. The van der Waals surface area contributed by atoms with Gasteiger partial charge in [-0.2, -0.15) is 0 Å². The molecule has 6 aliphatic carbocycles. The van der Waals surface area contributed by atoms with Crippen molar-refractivity contribution >= 4 is 23.1 Å². The van der Waals surface area contributed by atoms with Crippen molar-refractivity contribution in [2.75, 3.05) is 0 Å². The lowest BCUT2D eigenvalue weighted by Crippen LogP contribution is -2.32. The first kappa shape index (κ1) is 42.1. The lowest BCUT2D eigenvalue weighted by atomic mass is 9.70. The van der Waals surface area contributed by atoms with E-state index in [1.807, 2.05) is 0 Å². The largest absolute Gasteiger partial charge is 0.309 e. The predicted octanol–water partition coefficient (Wildman–Crippen LogP) is 16.4. The fourth-order valence-electron chi connectivity index (χ4n) is 16.3. The van der Waals surface area contributed by atoms with Crippen LogP contribution < -0.4 is 15.9 Å². The zero-order valence-electron chi connectivity index (χ0n) is 41.8. The molecule has 1 nitrogen and oxygen atoms in total. The summed E-state index contributed by atoms with van der Waals surface area (Å²) in [5.41, 5.74) is 27.9. The van der Waals surface area contributed by atoms with Gasteiger partial charge in [-0.05, 0) is 152 Å². The van der Waals surface area contributed by atoms with Crippen LogP contribution in [0, 0.1) is 0 Å². The number of hydrogen-bond donors (Lipinski definition) is 0. The van der Waals surface area contributed by atoms with Gasteiger partial charge >= 0.3 is 0 Å². The molecule has 356 valence electrons. The second-order valence-corrected chi connectivity index (χ2v) is 24.7. The van der Waals surface area contributed by atoms with E-state index in [0.717, 1.165) is 15.9 Å². The highest BCUT2D eigenvalue weighted by atomic mass is 31.2. The molecular formula is C75H45OP. The first-order chi connectivity index (χ1) is 38.1. The first-order valence-electron chi connectivity index (χ1n) is 27.0. The van der Waals surface area contributed by atoms with E-state index < -0.39 is 23.4 Å². The molecule has 2 heteroatoms. The molecular weight excluding hydrogens is 948 g/mol. The van der Waals surface area contributed by atoms with Crippen LogP contribution in [0.5, 0.6) is 0 Å². The number of fused-ring (bicyclic) bond motifs is 30. The zero-order chi connectivity index (χ0) is 50.4. The van der Waals surface area contributed by atoms with E-state index in [1.165, 1.54) is 134 Å². The van der Waals surface area contributed by atoms with E-state index in [0.29, 0.717) is 0 Å². The van der Waals surface area contributed by atoms with Crippen LogP contribution in [0.2, 0.25) is 0 Å².